The largest absolute Gasteiger partial charge is 0.497 e. The predicted octanol–water partition coefficient (Wildman–Crippen LogP) is 3.80. The third kappa shape index (κ3) is 5.89. The Morgan fingerprint density at radius 2 is 1.49 bits per heavy atom. The van der Waals surface area contributed by atoms with E-state index in [1.807, 2.05) is 41.3 Å². The molecular weight excluding hydrogens is 490 g/mol. The molecule has 0 saturated carbocycles. The van der Waals surface area contributed by atoms with Crippen LogP contribution in [0.5, 0.6) is 11.5 Å². The lowest BCUT2D eigenvalue weighted by Crippen LogP contribution is -2.49. The number of nitrogens with zero attached hydrogens (tertiary/aromatic N) is 3. The van der Waals surface area contributed by atoms with Crippen molar-refractivity contribution in [1.82, 2.24) is 9.21 Å². The first-order valence-electron chi connectivity index (χ1n) is 12.2. The second-order valence-electron chi connectivity index (χ2n) is 8.87. The quantitative estimate of drug-likeness (QED) is 0.425. The third-order valence-electron chi connectivity index (χ3n) is 6.79. The van der Waals surface area contributed by atoms with E-state index in [0.717, 1.165) is 17.0 Å². The molecule has 1 saturated heterocycles. The van der Waals surface area contributed by atoms with E-state index in [-0.39, 0.29) is 17.2 Å². The average Bonchev–Trinajstić information content (AvgIpc) is 2.96. The molecule has 8 nitrogen and oxygen atoms in total. The van der Waals surface area contributed by atoms with Crippen LogP contribution < -0.4 is 14.4 Å². The average molecular weight is 524 g/mol. The van der Waals surface area contributed by atoms with Gasteiger partial charge in [-0.1, -0.05) is 42.5 Å². The highest BCUT2D eigenvalue weighted by molar-refractivity contribution is 7.89. The lowest BCUT2D eigenvalue weighted by molar-refractivity contribution is -0.132. The number of piperazine rings is 1. The van der Waals surface area contributed by atoms with Crippen LogP contribution >= 0.6 is 0 Å². The summed E-state index contributed by atoms with van der Waals surface area (Å²) in [5.41, 5.74) is 1.73. The smallest absolute Gasteiger partial charge is 0.243 e. The molecule has 1 amide bonds. The fourth-order valence-corrected chi connectivity index (χ4v) is 5.96. The highest BCUT2D eigenvalue weighted by Crippen LogP contribution is 2.32. The van der Waals surface area contributed by atoms with Gasteiger partial charge in [-0.2, -0.15) is 4.31 Å². The fourth-order valence-electron chi connectivity index (χ4n) is 4.59. The first kappa shape index (κ1) is 26.5. The van der Waals surface area contributed by atoms with Crippen molar-refractivity contribution in [2.24, 2.45) is 0 Å². The molecule has 37 heavy (non-hydrogen) atoms. The lowest BCUT2D eigenvalue weighted by Gasteiger charge is -2.37. The third-order valence-corrected chi connectivity index (χ3v) is 8.67. The molecule has 0 aliphatic carbocycles. The zero-order valence-corrected chi connectivity index (χ0v) is 22.2. The van der Waals surface area contributed by atoms with Gasteiger partial charge in [0, 0.05) is 39.6 Å². The van der Waals surface area contributed by atoms with E-state index in [9.17, 15) is 13.2 Å². The summed E-state index contributed by atoms with van der Waals surface area (Å²) in [6.07, 6.45) is 0.0313. The van der Waals surface area contributed by atoms with E-state index < -0.39 is 16.1 Å². The minimum Gasteiger partial charge on any atom is -0.497 e. The normalized spacial score (nSPS) is 14.9. The minimum atomic E-state index is -3.82. The number of hydrogen-bond acceptors (Lipinski definition) is 6. The van der Waals surface area contributed by atoms with Gasteiger partial charge in [0.15, 0.2) is 0 Å². The van der Waals surface area contributed by atoms with E-state index >= 15 is 0 Å². The SMILES string of the molecule is COc1ccc([C@@H](CC(=O)N2CCN(c3ccccc3OC)CC2)N(C)S(=O)(=O)c2ccccc2)cc1. The Kier molecular flexibility index (Phi) is 8.35. The summed E-state index contributed by atoms with van der Waals surface area (Å²) < 4.78 is 38.9. The Balaban J connectivity index is 1.53. The van der Waals surface area contributed by atoms with Gasteiger partial charge < -0.3 is 19.3 Å². The molecule has 1 heterocycles. The van der Waals surface area contributed by atoms with Crippen LogP contribution in [0.2, 0.25) is 0 Å². The number of hydrogen-bond donors (Lipinski definition) is 0. The van der Waals surface area contributed by atoms with Crippen LogP contribution in [0, 0.1) is 0 Å². The van der Waals surface area contributed by atoms with Crippen LogP contribution in [0.15, 0.2) is 83.8 Å². The molecule has 0 unspecified atom stereocenters. The van der Waals surface area contributed by atoms with E-state index in [1.54, 1.807) is 56.7 Å². The van der Waals surface area contributed by atoms with E-state index in [2.05, 4.69) is 4.90 Å². The van der Waals surface area contributed by atoms with Gasteiger partial charge in [0.05, 0.1) is 30.8 Å². The molecule has 0 bridgehead atoms. The summed E-state index contributed by atoms with van der Waals surface area (Å²) in [5.74, 6) is 1.38. The number of sulfonamides is 1. The van der Waals surface area contributed by atoms with Gasteiger partial charge in [-0.3, -0.25) is 4.79 Å². The van der Waals surface area contributed by atoms with Gasteiger partial charge in [0.1, 0.15) is 11.5 Å². The van der Waals surface area contributed by atoms with Gasteiger partial charge in [0.2, 0.25) is 15.9 Å². The minimum absolute atomic E-state index is 0.0313. The summed E-state index contributed by atoms with van der Waals surface area (Å²) in [7, 11) is 0.937. The maximum atomic E-state index is 13.5. The van der Waals surface area contributed by atoms with Crippen LogP contribution in [0.3, 0.4) is 0 Å². The van der Waals surface area contributed by atoms with Crippen molar-refractivity contribution in [2.45, 2.75) is 17.4 Å². The van der Waals surface area contributed by atoms with Gasteiger partial charge in [0.25, 0.3) is 0 Å². The van der Waals surface area contributed by atoms with Crippen molar-refractivity contribution in [1.29, 1.82) is 0 Å². The predicted molar refractivity (Wildman–Crippen MR) is 144 cm³/mol. The molecule has 1 fully saturated rings. The number of para-hydroxylation sites is 2. The van der Waals surface area contributed by atoms with Crippen molar-refractivity contribution in [2.75, 3.05) is 52.3 Å². The first-order chi connectivity index (χ1) is 17.8. The van der Waals surface area contributed by atoms with Gasteiger partial charge in [-0.25, -0.2) is 8.42 Å². The van der Waals surface area contributed by atoms with Crippen molar-refractivity contribution in [3.8, 4) is 11.5 Å². The maximum Gasteiger partial charge on any atom is 0.243 e. The number of amides is 1. The van der Waals surface area contributed by atoms with Gasteiger partial charge in [-0.05, 0) is 42.0 Å². The first-order valence-corrected chi connectivity index (χ1v) is 13.6. The Morgan fingerprint density at radius 1 is 0.865 bits per heavy atom. The molecule has 4 rings (SSSR count). The van der Waals surface area contributed by atoms with Crippen molar-refractivity contribution in [3.63, 3.8) is 0 Å². The zero-order valence-electron chi connectivity index (χ0n) is 21.4. The number of ether oxygens (including phenoxy) is 2. The van der Waals surface area contributed by atoms with E-state index in [4.69, 9.17) is 9.47 Å². The topological polar surface area (TPSA) is 79.4 Å². The van der Waals surface area contributed by atoms with Crippen molar-refractivity contribution >= 4 is 21.6 Å². The monoisotopic (exact) mass is 523 g/mol. The van der Waals surface area contributed by atoms with Crippen LogP contribution in [-0.2, 0) is 14.8 Å². The molecule has 0 spiro atoms. The molecular formula is C28H33N3O5S. The summed E-state index contributed by atoms with van der Waals surface area (Å²) >= 11 is 0. The summed E-state index contributed by atoms with van der Waals surface area (Å²) in [4.78, 5) is 17.7. The molecule has 1 aliphatic rings. The van der Waals surface area contributed by atoms with Crippen LogP contribution in [0.4, 0.5) is 5.69 Å². The second-order valence-corrected chi connectivity index (χ2v) is 10.9. The summed E-state index contributed by atoms with van der Waals surface area (Å²) in [6, 6.07) is 22.6. The fraction of sp³-hybridized carbons (Fsp3) is 0.321. The van der Waals surface area contributed by atoms with Crippen LogP contribution in [0.1, 0.15) is 18.0 Å². The molecule has 0 aromatic heterocycles. The van der Waals surface area contributed by atoms with Crippen LogP contribution in [-0.4, -0.2) is 71.0 Å². The number of carbonyl (C=O) groups excluding carboxylic acids is 1. The number of carbonyl (C=O) groups is 1. The molecule has 196 valence electrons. The van der Waals surface area contributed by atoms with E-state index in [1.165, 1.54) is 11.4 Å². The lowest BCUT2D eigenvalue weighted by atomic mass is 10.0. The second kappa shape index (κ2) is 11.7. The molecule has 1 atom stereocenters. The highest BCUT2D eigenvalue weighted by atomic mass is 32.2. The van der Waals surface area contributed by atoms with E-state index in [0.29, 0.717) is 31.9 Å². The number of benzene rings is 3. The van der Waals surface area contributed by atoms with Gasteiger partial charge >= 0.3 is 0 Å². The number of methoxy groups -OCH3 is 2. The maximum absolute atomic E-state index is 13.5. The number of rotatable bonds is 9. The summed E-state index contributed by atoms with van der Waals surface area (Å²) in [6.45, 7) is 2.41. The summed E-state index contributed by atoms with van der Waals surface area (Å²) in [5, 5.41) is 0. The van der Waals surface area contributed by atoms with Gasteiger partial charge in [-0.15, -0.1) is 0 Å². The van der Waals surface area contributed by atoms with Crippen LogP contribution in [0.25, 0.3) is 0 Å². The molecule has 9 heteroatoms. The Morgan fingerprint density at radius 3 is 2.11 bits per heavy atom. The Bertz CT molecular complexity index is 1290. The van der Waals surface area contributed by atoms with Crippen molar-refractivity contribution < 1.29 is 22.7 Å². The molecule has 0 radical (unpaired) electrons. The van der Waals surface area contributed by atoms with Crippen molar-refractivity contribution in [3.05, 3.63) is 84.4 Å². The zero-order chi connectivity index (χ0) is 26.4. The highest BCUT2D eigenvalue weighted by Gasteiger charge is 2.33. The Labute approximate surface area is 219 Å². The molecule has 1 aliphatic heterocycles. The standard InChI is InChI=1S/C28H33N3O5S/c1-29(37(33,34)24-9-5-4-6-10-24)26(22-13-15-23(35-2)16-14-22)21-28(32)31-19-17-30(18-20-31)25-11-7-8-12-27(25)36-3/h4-16,26H,17-21H2,1-3H3/t26-/m1/s1. The number of anilines is 1. The molecule has 3 aromatic rings. The Hall–Kier alpha value is -3.56. The molecule has 3 aromatic carbocycles. The molecule has 0 N–H and O–H groups in total.